The molecular weight excluding hydrogens is 342 g/mol. The maximum absolute atomic E-state index is 9.55. The van der Waals surface area contributed by atoms with Gasteiger partial charge in [-0.2, -0.15) is 5.26 Å². The Labute approximate surface area is 155 Å². The normalized spacial score (nSPS) is 10.7. The molecule has 0 aliphatic heterocycles. The first kappa shape index (κ1) is 16.7. The molecule has 4 rings (SSSR count). The number of methoxy groups -OCH3 is 2. The molecule has 0 fully saturated rings. The van der Waals surface area contributed by atoms with E-state index < -0.39 is 0 Å². The molecule has 0 saturated carbocycles. The van der Waals surface area contributed by atoms with E-state index in [1.807, 2.05) is 31.2 Å². The van der Waals surface area contributed by atoms with E-state index in [1.54, 1.807) is 20.3 Å². The second-order valence-electron chi connectivity index (χ2n) is 6.04. The Hall–Kier alpha value is -3.79. The summed E-state index contributed by atoms with van der Waals surface area (Å²) in [5.41, 5.74) is 4.36. The van der Waals surface area contributed by atoms with Crippen LogP contribution in [0.15, 0.2) is 36.5 Å². The van der Waals surface area contributed by atoms with Gasteiger partial charge in [-0.25, -0.2) is 4.98 Å². The van der Waals surface area contributed by atoms with Gasteiger partial charge >= 0.3 is 0 Å². The van der Waals surface area contributed by atoms with Crippen molar-refractivity contribution < 1.29 is 9.47 Å². The summed E-state index contributed by atoms with van der Waals surface area (Å²) >= 11 is 0. The van der Waals surface area contributed by atoms with Gasteiger partial charge in [-0.3, -0.25) is 4.98 Å². The minimum absolute atomic E-state index is 0.438. The van der Waals surface area contributed by atoms with Crippen molar-refractivity contribution in [3.05, 3.63) is 47.9 Å². The van der Waals surface area contributed by atoms with Crippen molar-refractivity contribution in [3.63, 3.8) is 0 Å². The fourth-order valence-corrected chi connectivity index (χ4v) is 3.15. The number of fused-ring (bicyclic) bond motifs is 2. The number of aromatic nitrogens is 3. The molecule has 0 saturated heterocycles. The molecule has 2 aromatic heterocycles. The van der Waals surface area contributed by atoms with Gasteiger partial charge in [0.2, 0.25) is 0 Å². The highest BCUT2D eigenvalue weighted by Crippen LogP contribution is 2.39. The number of aromatic amines is 1. The maximum atomic E-state index is 9.55. The van der Waals surface area contributed by atoms with E-state index in [0.29, 0.717) is 28.3 Å². The number of imidazole rings is 1. The van der Waals surface area contributed by atoms with Gasteiger partial charge in [0, 0.05) is 17.3 Å². The molecule has 0 amide bonds. The number of aryl methyl sites for hydroxylation is 1. The van der Waals surface area contributed by atoms with E-state index >= 15 is 0 Å². The van der Waals surface area contributed by atoms with Crippen molar-refractivity contribution in [3.8, 4) is 17.6 Å². The second-order valence-corrected chi connectivity index (χ2v) is 6.04. The zero-order chi connectivity index (χ0) is 19.0. The predicted molar refractivity (Wildman–Crippen MR) is 104 cm³/mol. The van der Waals surface area contributed by atoms with Gasteiger partial charge in [0.15, 0.2) is 11.5 Å². The molecular formula is C20H17N5O2. The van der Waals surface area contributed by atoms with Crippen molar-refractivity contribution in [2.75, 3.05) is 19.5 Å². The van der Waals surface area contributed by atoms with Crippen LogP contribution in [-0.2, 0) is 0 Å². The van der Waals surface area contributed by atoms with Gasteiger partial charge in [-0.15, -0.1) is 0 Å². The summed E-state index contributed by atoms with van der Waals surface area (Å²) in [4.78, 5) is 12.1. The minimum atomic E-state index is 0.438. The monoisotopic (exact) mass is 359 g/mol. The van der Waals surface area contributed by atoms with Crippen LogP contribution in [0.25, 0.3) is 21.9 Å². The lowest BCUT2D eigenvalue weighted by atomic mass is 10.1. The number of pyridine rings is 1. The Morgan fingerprint density at radius 3 is 2.74 bits per heavy atom. The average Bonchev–Trinajstić information content (AvgIpc) is 3.06. The molecule has 7 nitrogen and oxygen atoms in total. The van der Waals surface area contributed by atoms with Crippen molar-refractivity contribution >= 4 is 33.3 Å². The van der Waals surface area contributed by atoms with Crippen LogP contribution in [0.3, 0.4) is 0 Å². The van der Waals surface area contributed by atoms with Gasteiger partial charge in [-0.1, -0.05) is 0 Å². The lowest BCUT2D eigenvalue weighted by Crippen LogP contribution is -1.99. The Kier molecular flexibility index (Phi) is 4.01. The molecule has 0 bridgehead atoms. The van der Waals surface area contributed by atoms with Gasteiger partial charge < -0.3 is 19.8 Å². The number of hydrogen-bond acceptors (Lipinski definition) is 6. The molecule has 2 aromatic carbocycles. The summed E-state index contributed by atoms with van der Waals surface area (Å²) in [5.74, 6) is 1.97. The molecule has 2 heterocycles. The van der Waals surface area contributed by atoms with E-state index in [9.17, 15) is 5.26 Å². The number of rotatable bonds is 4. The SMILES string of the molecule is COc1ccc2c(Nc3ccc4[nH]c(C)nc4c3)c(C#N)cnc2c1OC. The zero-order valence-electron chi connectivity index (χ0n) is 15.1. The standard InChI is InChI=1S/C20H17N5O2/c1-11-23-15-6-4-13(8-16(15)24-11)25-18-12(9-21)10-22-19-14(18)5-7-17(26-2)20(19)27-3/h4-8,10H,1-3H3,(H,22,25)(H,23,24). The van der Waals surface area contributed by atoms with Crippen molar-refractivity contribution in [1.29, 1.82) is 5.26 Å². The van der Waals surface area contributed by atoms with E-state index in [0.717, 1.165) is 27.9 Å². The lowest BCUT2D eigenvalue weighted by molar-refractivity contribution is 0.358. The smallest absolute Gasteiger partial charge is 0.187 e. The average molecular weight is 359 g/mol. The third-order valence-electron chi connectivity index (χ3n) is 4.37. The van der Waals surface area contributed by atoms with Crippen LogP contribution in [0.5, 0.6) is 11.5 Å². The molecule has 0 aliphatic rings. The molecule has 2 N–H and O–H groups in total. The summed E-state index contributed by atoms with van der Waals surface area (Å²) in [6, 6.07) is 11.7. The first-order chi connectivity index (χ1) is 13.1. The Morgan fingerprint density at radius 1 is 1.15 bits per heavy atom. The molecule has 134 valence electrons. The number of benzene rings is 2. The third-order valence-corrected chi connectivity index (χ3v) is 4.37. The van der Waals surface area contributed by atoms with E-state index in [2.05, 4.69) is 26.3 Å². The molecule has 27 heavy (non-hydrogen) atoms. The highest BCUT2D eigenvalue weighted by Gasteiger charge is 2.16. The number of nitrogens with one attached hydrogen (secondary N) is 2. The summed E-state index contributed by atoms with van der Waals surface area (Å²) < 4.78 is 10.8. The molecule has 0 atom stereocenters. The molecule has 4 aromatic rings. The van der Waals surface area contributed by atoms with Gasteiger partial charge in [0.05, 0.1) is 36.5 Å². The van der Waals surface area contributed by atoms with Gasteiger partial charge in [0.1, 0.15) is 17.4 Å². The molecule has 0 spiro atoms. The van der Waals surface area contributed by atoms with Crippen LogP contribution in [0, 0.1) is 18.3 Å². The van der Waals surface area contributed by atoms with E-state index in [1.165, 1.54) is 6.20 Å². The molecule has 0 aliphatic carbocycles. The zero-order valence-corrected chi connectivity index (χ0v) is 15.1. The summed E-state index contributed by atoms with van der Waals surface area (Å²) in [7, 11) is 3.14. The predicted octanol–water partition coefficient (Wildman–Crippen LogP) is 4.05. The van der Waals surface area contributed by atoms with Crippen molar-refractivity contribution in [1.82, 2.24) is 15.0 Å². The maximum Gasteiger partial charge on any atom is 0.187 e. The molecule has 0 unspecified atom stereocenters. The lowest BCUT2D eigenvalue weighted by Gasteiger charge is -2.15. The summed E-state index contributed by atoms with van der Waals surface area (Å²) in [6.07, 6.45) is 1.53. The number of nitriles is 1. The quantitative estimate of drug-likeness (QED) is 0.571. The summed E-state index contributed by atoms with van der Waals surface area (Å²) in [6.45, 7) is 1.91. The van der Waals surface area contributed by atoms with Crippen LogP contribution in [0.2, 0.25) is 0 Å². The Morgan fingerprint density at radius 2 is 2.00 bits per heavy atom. The largest absolute Gasteiger partial charge is 0.493 e. The topological polar surface area (TPSA) is 95.8 Å². The minimum Gasteiger partial charge on any atom is -0.493 e. The van der Waals surface area contributed by atoms with E-state index in [4.69, 9.17) is 9.47 Å². The van der Waals surface area contributed by atoms with Crippen LogP contribution in [0.4, 0.5) is 11.4 Å². The molecule has 7 heteroatoms. The second kappa shape index (κ2) is 6.50. The highest BCUT2D eigenvalue weighted by molar-refractivity contribution is 6.00. The van der Waals surface area contributed by atoms with Crippen molar-refractivity contribution in [2.24, 2.45) is 0 Å². The molecule has 0 radical (unpaired) electrons. The highest BCUT2D eigenvalue weighted by atomic mass is 16.5. The van der Waals surface area contributed by atoms with Gasteiger partial charge in [-0.05, 0) is 37.3 Å². The number of ether oxygens (including phenoxy) is 2. The fraction of sp³-hybridized carbons (Fsp3) is 0.150. The van der Waals surface area contributed by atoms with Crippen LogP contribution >= 0.6 is 0 Å². The third kappa shape index (κ3) is 2.77. The number of anilines is 2. The first-order valence-electron chi connectivity index (χ1n) is 8.31. The number of nitrogens with zero attached hydrogens (tertiary/aromatic N) is 3. The van der Waals surface area contributed by atoms with Crippen LogP contribution in [0.1, 0.15) is 11.4 Å². The first-order valence-corrected chi connectivity index (χ1v) is 8.31. The Bertz CT molecular complexity index is 1210. The Balaban J connectivity index is 1.89. The fourth-order valence-electron chi connectivity index (χ4n) is 3.15. The van der Waals surface area contributed by atoms with Crippen LogP contribution in [-0.4, -0.2) is 29.2 Å². The van der Waals surface area contributed by atoms with Gasteiger partial charge in [0.25, 0.3) is 0 Å². The number of H-pyrrole nitrogens is 1. The van der Waals surface area contributed by atoms with Crippen molar-refractivity contribution in [2.45, 2.75) is 6.92 Å². The number of hydrogen-bond donors (Lipinski definition) is 2. The van der Waals surface area contributed by atoms with Crippen LogP contribution < -0.4 is 14.8 Å². The van der Waals surface area contributed by atoms with E-state index in [-0.39, 0.29) is 0 Å². The summed E-state index contributed by atoms with van der Waals surface area (Å²) in [5, 5.41) is 13.7.